The van der Waals surface area contributed by atoms with E-state index in [0.29, 0.717) is 11.3 Å². The zero-order chi connectivity index (χ0) is 15.5. The van der Waals surface area contributed by atoms with Gasteiger partial charge in [0, 0.05) is 5.56 Å². The summed E-state index contributed by atoms with van der Waals surface area (Å²) >= 11 is 0. The van der Waals surface area contributed by atoms with E-state index < -0.39 is 17.3 Å². The van der Waals surface area contributed by atoms with Crippen molar-refractivity contribution in [3.63, 3.8) is 0 Å². The zero-order valence-corrected chi connectivity index (χ0v) is 10.7. The molecule has 0 fully saturated rings. The molecule has 0 unspecified atom stereocenters. The summed E-state index contributed by atoms with van der Waals surface area (Å²) in [6, 6.07) is 9.46. The van der Waals surface area contributed by atoms with Gasteiger partial charge in [0.25, 0.3) is 0 Å². The van der Waals surface area contributed by atoms with Crippen LogP contribution < -0.4 is 4.74 Å². The molecule has 2 aromatic rings. The van der Waals surface area contributed by atoms with Crippen LogP contribution in [0, 0.1) is 0 Å². The Morgan fingerprint density at radius 2 is 1.81 bits per heavy atom. The number of halogens is 3. The molecule has 0 spiro atoms. The fourth-order valence-electron chi connectivity index (χ4n) is 1.79. The van der Waals surface area contributed by atoms with Gasteiger partial charge in [-0.2, -0.15) is 13.2 Å². The van der Waals surface area contributed by atoms with Crippen LogP contribution >= 0.6 is 0 Å². The Morgan fingerprint density at radius 1 is 1.10 bits per heavy atom. The molecule has 3 nitrogen and oxygen atoms in total. The summed E-state index contributed by atoms with van der Waals surface area (Å²) < 4.78 is 43.8. The number of alkyl halides is 3. The highest BCUT2D eigenvalue weighted by Crippen LogP contribution is 2.35. The van der Waals surface area contributed by atoms with Gasteiger partial charge in [-0.25, -0.2) is 0 Å². The minimum Gasteiger partial charge on any atom is -0.457 e. The van der Waals surface area contributed by atoms with E-state index in [0.717, 1.165) is 12.1 Å². The Bertz CT molecular complexity index is 651. The summed E-state index contributed by atoms with van der Waals surface area (Å²) in [6.07, 6.45) is -4.48. The van der Waals surface area contributed by atoms with Gasteiger partial charge < -0.3 is 9.84 Å². The Hall–Kier alpha value is -2.34. The maximum Gasteiger partial charge on any atom is 0.417 e. The first-order valence-corrected chi connectivity index (χ1v) is 5.98. The number of carbonyl (C=O) groups excluding carboxylic acids is 1. The van der Waals surface area contributed by atoms with E-state index in [-0.39, 0.29) is 18.6 Å². The molecule has 0 saturated carbocycles. The van der Waals surface area contributed by atoms with Crippen molar-refractivity contribution in [1.82, 2.24) is 0 Å². The summed E-state index contributed by atoms with van der Waals surface area (Å²) in [5, 5.41) is 9.00. The van der Waals surface area contributed by atoms with Crippen LogP contribution in [0.15, 0.2) is 42.5 Å². The van der Waals surface area contributed by atoms with Crippen LogP contribution in [0.25, 0.3) is 0 Å². The minimum absolute atomic E-state index is 0.0389. The van der Waals surface area contributed by atoms with Gasteiger partial charge in [-0.15, -0.1) is 0 Å². The highest BCUT2D eigenvalue weighted by atomic mass is 19.4. The standard InChI is InChI=1S/C15H11F3O3/c16-15(17,18)14-7-13(5-4-11(14)9-20)21-12-3-1-2-10(6-12)8-19/h1-7,9,19H,8H2. The number of benzene rings is 2. The van der Waals surface area contributed by atoms with Crippen LogP contribution in [0.3, 0.4) is 0 Å². The average molecular weight is 296 g/mol. The van der Waals surface area contributed by atoms with E-state index in [4.69, 9.17) is 9.84 Å². The van der Waals surface area contributed by atoms with E-state index in [1.165, 1.54) is 12.1 Å². The number of aliphatic hydroxyl groups excluding tert-OH is 1. The molecular formula is C15H11F3O3. The lowest BCUT2D eigenvalue weighted by Gasteiger charge is -2.12. The summed E-state index contributed by atoms with van der Waals surface area (Å²) in [4.78, 5) is 10.7. The van der Waals surface area contributed by atoms with Gasteiger partial charge in [-0.05, 0) is 35.9 Å². The van der Waals surface area contributed by atoms with Gasteiger partial charge in [-0.3, -0.25) is 4.79 Å². The third-order valence-electron chi connectivity index (χ3n) is 2.77. The maximum atomic E-state index is 12.8. The Balaban J connectivity index is 2.34. The first-order chi connectivity index (χ1) is 9.94. The van der Waals surface area contributed by atoms with Crippen molar-refractivity contribution in [2.75, 3.05) is 0 Å². The zero-order valence-electron chi connectivity index (χ0n) is 10.7. The highest BCUT2D eigenvalue weighted by Gasteiger charge is 2.33. The van der Waals surface area contributed by atoms with E-state index in [9.17, 15) is 18.0 Å². The molecule has 0 aliphatic carbocycles. The Morgan fingerprint density at radius 3 is 2.43 bits per heavy atom. The summed E-state index contributed by atoms with van der Waals surface area (Å²) in [5.41, 5.74) is -0.916. The molecule has 1 N–H and O–H groups in total. The van der Waals surface area contributed by atoms with Crippen molar-refractivity contribution in [2.45, 2.75) is 12.8 Å². The van der Waals surface area contributed by atoms with Crippen LogP contribution in [-0.2, 0) is 12.8 Å². The molecule has 6 heteroatoms. The second kappa shape index (κ2) is 5.97. The Kier molecular flexibility index (Phi) is 4.28. The topological polar surface area (TPSA) is 46.5 Å². The summed E-state index contributed by atoms with van der Waals surface area (Å²) in [5.74, 6) is 0.261. The number of rotatable bonds is 4. The number of aliphatic hydroxyl groups is 1. The molecule has 0 amide bonds. The lowest BCUT2D eigenvalue weighted by Crippen LogP contribution is -2.09. The number of aldehydes is 1. The lowest BCUT2D eigenvalue weighted by atomic mass is 10.1. The van der Waals surface area contributed by atoms with Crippen molar-refractivity contribution >= 4 is 6.29 Å². The van der Waals surface area contributed by atoms with Gasteiger partial charge in [0.1, 0.15) is 11.5 Å². The lowest BCUT2D eigenvalue weighted by molar-refractivity contribution is -0.137. The quantitative estimate of drug-likeness (QED) is 0.873. The largest absolute Gasteiger partial charge is 0.457 e. The molecule has 0 aliphatic rings. The molecule has 2 aromatic carbocycles. The predicted octanol–water partition coefficient (Wildman–Crippen LogP) is 3.80. The molecule has 0 saturated heterocycles. The molecule has 0 radical (unpaired) electrons. The van der Waals surface area contributed by atoms with E-state index in [1.54, 1.807) is 18.2 Å². The number of carbonyl (C=O) groups is 1. The molecule has 0 heterocycles. The smallest absolute Gasteiger partial charge is 0.417 e. The average Bonchev–Trinajstić information content (AvgIpc) is 2.46. The van der Waals surface area contributed by atoms with Crippen molar-refractivity contribution in [3.05, 3.63) is 59.2 Å². The monoisotopic (exact) mass is 296 g/mol. The van der Waals surface area contributed by atoms with Crippen molar-refractivity contribution in [2.24, 2.45) is 0 Å². The van der Waals surface area contributed by atoms with Gasteiger partial charge in [0.2, 0.25) is 0 Å². The third-order valence-corrected chi connectivity index (χ3v) is 2.77. The molecular weight excluding hydrogens is 285 g/mol. The van der Waals surface area contributed by atoms with E-state index in [1.807, 2.05) is 0 Å². The molecule has 0 aromatic heterocycles. The van der Waals surface area contributed by atoms with Gasteiger partial charge in [-0.1, -0.05) is 12.1 Å². The normalized spacial score (nSPS) is 11.2. The van der Waals surface area contributed by atoms with E-state index >= 15 is 0 Å². The fraction of sp³-hybridized carbons (Fsp3) is 0.133. The molecule has 110 valence electrons. The second-order valence-electron chi connectivity index (χ2n) is 4.27. The van der Waals surface area contributed by atoms with Crippen LogP contribution in [0.5, 0.6) is 11.5 Å². The third kappa shape index (κ3) is 3.61. The summed E-state index contributed by atoms with van der Waals surface area (Å²) in [6.45, 7) is -0.199. The molecule has 0 aliphatic heterocycles. The fourth-order valence-corrected chi connectivity index (χ4v) is 1.79. The number of ether oxygens (including phenoxy) is 1. The molecule has 21 heavy (non-hydrogen) atoms. The number of hydrogen-bond donors (Lipinski definition) is 1. The van der Waals surface area contributed by atoms with Crippen molar-refractivity contribution in [1.29, 1.82) is 0 Å². The van der Waals surface area contributed by atoms with Crippen LogP contribution in [0.2, 0.25) is 0 Å². The minimum atomic E-state index is -4.64. The van der Waals surface area contributed by atoms with Crippen LogP contribution in [-0.4, -0.2) is 11.4 Å². The molecule has 0 bridgehead atoms. The SMILES string of the molecule is O=Cc1ccc(Oc2cccc(CO)c2)cc1C(F)(F)F. The summed E-state index contributed by atoms with van der Waals surface area (Å²) in [7, 11) is 0. The molecule has 2 rings (SSSR count). The first kappa shape index (κ1) is 15.1. The van der Waals surface area contributed by atoms with Crippen LogP contribution in [0.1, 0.15) is 21.5 Å². The van der Waals surface area contributed by atoms with Gasteiger partial charge in [0.15, 0.2) is 6.29 Å². The van der Waals surface area contributed by atoms with Crippen molar-refractivity contribution in [3.8, 4) is 11.5 Å². The first-order valence-electron chi connectivity index (χ1n) is 5.98. The Labute approximate surface area is 118 Å². The van der Waals surface area contributed by atoms with E-state index in [2.05, 4.69) is 0 Å². The predicted molar refractivity (Wildman–Crippen MR) is 69.3 cm³/mol. The van der Waals surface area contributed by atoms with Gasteiger partial charge >= 0.3 is 6.18 Å². The second-order valence-corrected chi connectivity index (χ2v) is 4.27. The van der Waals surface area contributed by atoms with Crippen LogP contribution in [0.4, 0.5) is 13.2 Å². The highest BCUT2D eigenvalue weighted by molar-refractivity contribution is 5.78. The maximum absolute atomic E-state index is 12.8. The van der Waals surface area contributed by atoms with Gasteiger partial charge in [0.05, 0.1) is 12.2 Å². The van der Waals surface area contributed by atoms with Crippen molar-refractivity contribution < 1.29 is 27.8 Å². The number of hydrogen-bond acceptors (Lipinski definition) is 3. The molecule has 0 atom stereocenters.